The molecule has 1 aromatic heterocycles. The predicted molar refractivity (Wildman–Crippen MR) is 152 cm³/mol. The van der Waals surface area contributed by atoms with Gasteiger partial charge in [0.1, 0.15) is 11.3 Å². The Kier molecular flexibility index (Phi) is 8.34. The number of H-pyrrole nitrogens is 1. The van der Waals surface area contributed by atoms with Crippen molar-refractivity contribution in [2.75, 3.05) is 26.2 Å². The van der Waals surface area contributed by atoms with Crippen molar-refractivity contribution in [1.29, 1.82) is 0 Å². The molecule has 2 fully saturated rings. The second-order valence-corrected chi connectivity index (χ2v) is 11.5. The van der Waals surface area contributed by atoms with E-state index in [0.29, 0.717) is 41.1 Å². The number of para-hydroxylation sites is 1. The predicted octanol–water partition coefficient (Wildman–Crippen LogP) is 5.38. The molecule has 1 atom stereocenters. The maximum absolute atomic E-state index is 13.6. The lowest BCUT2D eigenvalue weighted by Gasteiger charge is -2.37. The molecule has 0 aliphatic carbocycles. The van der Waals surface area contributed by atoms with Crippen molar-refractivity contribution in [1.82, 2.24) is 25.5 Å². The maximum Gasteiger partial charge on any atom is 0.255 e. The van der Waals surface area contributed by atoms with Crippen molar-refractivity contribution in [3.05, 3.63) is 64.4 Å². The van der Waals surface area contributed by atoms with E-state index in [1.165, 1.54) is 0 Å². The Morgan fingerprint density at radius 1 is 1.03 bits per heavy atom. The van der Waals surface area contributed by atoms with Crippen molar-refractivity contribution < 1.29 is 9.59 Å². The van der Waals surface area contributed by atoms with Crippen molar-refractivity contribution in [2.45, 2.75) is 57.9 Å². The first-order chi connectivity index (χ1) is 18.4. The van der Waals surface area contributed by atoms with Gasteiger partial charge in [-0.3, -0.25) is 9.59 Å². The van der Waals surface area contributed by atoms with Gasteiger partial charge in [-0.05, 0) is 81.3 Å². The Morgan fingerprint density at radius 3 is 2.45 bits per heavy atom. The maximum atomic E-state index is 13.6. The van der Waals surface area contributed by atoms with E-state index in [2.05, 4.69) is 29.5 Å². The molecular weight excluding hydrogens is 498 g/mol. The zero-order chi connectivity index (χ0) is 26.6. The molecule has 5 rings (SSSR count). The fraction of sp³-hybridized carbons (Fsp3) is 0.500. The van der Waals surface area contributed by atoms with Crippen LogP contribution in [0.4, 0.5) is 0 Å². The number of likely N-dealkylation sites (tertiary alicyclic amines) is 1. The lowest BCUT2D eigenvalue weighted by Crippen LogP contribution is -2.47. The zero-order valence-electron chi connectivity index (χ0n) is 22.3. The Balaban J connectivity index is 1.27. The van der Waals surface area contributed by atoms with Crippen molar-refractivity contribution in [3.63, 3.8) is 0 Å². The number of hydrogen-bond acceptors (Lipinski definition) is 4. The number of nitrogens with one attached hydrogen (secondary N) is 3. The Morgan fingerprint density at radius 2 is 1.74 bits per heavy atom. The largest absolute Gasteiger partial charge is 0.349 e. The number of carbonyl (C=O) groups excluding carboxylic acids is 2. The molecule has 2 saturated heterocycles. The highest BCUT2D eigenvalue weighted by Gasteiger charge is 2.31. The molecule has 3 aromatic rings. The number of piperidine rings is 2. The third kappa shape index (κ3) is 5.89. The first-order valence-corrected chi connectivity index (χ1v) is 14.3. The summed E-state index contributed by atoms with van der Waals surface area (Å²) < 4.78 is 0. The second-order valence-electron chi connectivity index (χ2n) is 11.1. The van der Waals surface area contributed by atoms with Gasteiger partial charge in [0.25, 0.3) is 11.8 Å². The number of nitrogens with zero attached hydrogens (tertiary/aromatic N) is 2. The summed E-state index contributed by atoms with van der Waals surface area (Å²) >= 11 is 6.27. The third-order valence-corrected chi connectivity index (χ3v) is 8.51. The summed E-state index contributed by atoms with van der Waals surface area (Å²) in [5.74, 6) is 2.01. The molecule has 7 nitrogen and oxygen atoms in total. The summed E-state index contributed by atoms with van der Waals surface area (Å²) in [7, 11) is 0. The quantitative estimate of drug-likeness (QED) is 0.379. The highest BCUT2D eigenvalue weighted by atomic mass is 35.5. The van der Waals surface area contributed by atoms with Crippen LogP contribution in [0.3, 0.4) is 0 Å². The third-order valence-electron chi connectivity index (χ3n) is 8.19. The van der Waals surface area contributed by atoms with Gasteiger partial charge >= 0.3 is 0 Å². The van der Waals surface area contributed by atoms with E-state index in [4.69, 9.17) is 16.6 Å². The van der Waals surface area contributed by atoms with E-state index < -0.39 is 0 Å². The summed E-state index contributed by atoms with van der Waals surface area (Å²) in [6, 6.07) is 13.1. The molecular formula is C30H38ClN5O2. The number of aromatic amines is 1. The number of imidazole rings is 1. The highest BCUT2D eigenvalue weighted by molar-refractivity contribution is 6.33. The van der Waals surface area contributed by atoms with E-state index in [1.54, 1.807) is 12.1 Å². The standard InChI is InChI=1S/C30H38ClN5O2/c1-19(2)28-33-25-9-5-7-23(27(25)35-28)29(37)34-26(21-10-14-32-15-11-21)18-20-12-16-36(17-13-20)30(38)22-6-3-4-8-24(22)31/h3-9,19-21,26,32H,10-18H2,1-2H3,(H,33,35)(H,34,37). The average Bonchev–Trinajstić information content (AvgIpc) is 3.39. The molecule has 0 bridgehead atoms. The minimum absolute atomic E-state index is 0.00474. The number of aromatic nitrogens is 2. The van der Waals surface area contributed by atoms with Crippen LogP contribution in [0, 0.1) is 11.8 Å². The molecule has 202 valence electrons. The first-order valence-electron chi connectivity index (χ1n) is 13.9. The number of fused-ring (bicyclic) bond motifs is 1. The Hall–Kier alpha value is -2.90. The number of amides is 2. The number of halogens is 1. The number of benzene rings is 2. The Labute approximate surface area is 229 Å². The molecule has 2 aromatic carbocycles. The number of hydrogen-bond donors (Lipinski definition) is 3. The first kappa shape index (κ1) is 26.7. The SMILES string of the molecule is CC(C)c1nc2c(C(=O)NC(CC3CCN(C(=O)c4ccccc4Cl)CC3)C3CCNCC3)cccc2[nH]1. The smallest absolute Gasteiger partial charge is 0.255 e. The number of rotatable bonds is 7. The molecule has 3 N–H and O–H groups in total. The van der Waals surface area contributed by atoms with Crippen LogP contribution in [0.25, 0.3) is 11.0 Å². The molecule has 8 heteroatoms. The van der Waals surface area contributed by atoms with Gasteiger partial charge in [0, 0.05) is 25.0 Å². The molecule has 1 unspecified atom stereocenters. The summed E-state index contributed by atoms with van der Waals surface area (Å²) in [5.41, 5.74) is 2.84. The lowest BCUT2D eigenvalue weighted by atomic mass is 9.81. The topological polar surface area (TPSA) is 90.1 Å². The van der Waals surface area contributed by atoms with Crippen LogP contribution in [-0.2, 0) is 0 Å². The summed E-state index contributed by atoms with van der Waals surface area (Å²) in [4.78, 5) is 36.7. The van der Waals surface area contributed by atoms with Gasteiger partial charge in [-0.2, -0.15) is 0 Å². The van der Waals surface area contributed by atoms with Crippen LogP contribution in [0.15, 0.2) is 42.5 Å². The molecule has 38 heavy (non-hydrogen) atoms. The van der Waals surface area contributed by atoms with Gasteiger partial charge in [-0.15, -0.1) is 0 Å². The van der Waals surface area contributed by atoms with Gasteiger partial charge in [0.05, 0.1) is 21.7 Å². The van der Waals surface area contributed by atoms with Crippen LogP contribution >= 0.6 is 11.6 Å². The molecule has 2 aliphatic heterocycles. The molecule has 3 heterocycles. The van der Waals surface area contributed by atoms with Crippen molar-refractivity contribution in [2.24, 2.45) is 11.8 Å². The van der Waals surface area contributed by atoms with Crippen LogP contribution in [-0.4, -0.2) is 58.9 Å². The van der Waals surface area contributed by atoms with Gasteiger partial charge in [0.15, 0.2) is 0 Å². The van der Waals surface area contributed by atoms with Crippen LogP contribution < -0.4 is 10.6 Å². The molecule has 0 radical (unpaired) electrons. The summed E-state index contributed by atoms with van der Waals surface area (Å²) in [6.45, 7) is 7.58. The van der Waals surface area contributed by atoms with Crippen LogP contribution in [0.2, 0.25) is 5.02 Å². The normalized spacial score (nSPS) is 18.2. The summed E-state index contributed by atoms with van der Waals surface area (Å²) in [6.07, 6.45) is 4.90. The van der Waals surface area contributed by atoms with Crippen LogP contribution in [0.5, 0.6) is 0 Å². The van der Waals surface area contributed by atoms with Gasteiger partial charge in [-0.25, -0.2) is 4.98 Å². The second kappa shape index (κ2) is 11.9. The van der Waals surface area contributed by atoms with Crippen molar-refractivity contribution in [3.8, 4) is 0 Å². The zero-order valence-corrected chi connectivity index (χ0v) is 23.1. The highest BCUT2D eigenvalue weighted by Crippen LogP contribution is 2.30. The number of carbonyl (C=O) groups is 2. The minimum Gasteiger partial charge on any atom is -0.349 e. The van der Waals surface area contributed by atoms with Gasteiger partial charge in [-0.1, -0.05) is 43.6 Å². The molecule has 2 amide bonds. The van der Waals surface area contributed by atoms with E-state index in [-0.39, 0.29) is 23.8 Å². The van der Waals surface area contributed by atoms with E-state index in [1.807, 2.05) is 35.2 Å². The molecule has 0 spiro atoms. The average molecular weight is 536 g/mol. The Bertz CT molecular complexity index is 1270. The monoisotopic (exact) mass is 535 g/mol. The molecule has 0 saturated carbocycles. The van der Waals surface area contributed by atoms with Crippen LogP contribution in [0.1, 0.15) is 78.4 Å². The molecule has 2 aliphatic rings. The fourth-order valence-electron chi connectivity index (χ4n) is 5.91. The minimum atomic E-state index is -0.0488. The summed E-state index contributed by atoms with van der Waals surface area (Å²) in [5, 5.41) is 7.38. The van der Waals surface area contributed by atoms with Gasteiger partial charge in [0.2, 0.25) is 0 Å². The van der Waals surface area contributed by atoms with E-state index >= 15 is 0 Å². The van der Waals surface area contributed by atoms with Gasteiger partial charge < -0.3 is 20.5 Å². The van der Waals surface area contributed by atoms with E-state index in [0.717, 1.165) is 62.1 Å². The van der Waals surface area contributed by atoms with E-state index in [9.17, 15) is 9.59 Å². The van der Waals surface area contributed by atoms with Crippen molar-refractivity contribution >= 4 is 34.4 Å². The fourth-order valence-corrected chi connectivity index (χ4v) is 6.12. The lowest BCUT2D eigenvalue weighted by molar-refractivity contribution is 0.0673.